The number of ether oxygens (including phenoxy) is 3. The van der Waals surface area contributed by atoms with Gasteiger partial charge in [0.05, 0.1) is 37.1 Å². The predicted molar refractivity (Wildman–Crippen MR) is 119 cm³/mol. The van der Waals surface area contributed by atoms with E-state index >= 15 is 0 Å². The number of esters is 1. The van der Waals surface area contributed by atoms with Crippen LogP contribution in [0.15, 0.2) is 59.6 Å². The summed E-state index contributed by atoms with van der Waals surface area (Å²) in [7, 11) is 4.35. The summed E-state index contributed by atoms with van der Waals surface area (Å²) < 4.78 is 18.0. The number of benzene rings is 3. The lowest BCUT2D eigenvalue weighted by molar-refractivity contribution is -0.141. The summed E-state index contributed by atoms with van der Waals surface area (Å²) in [6, 6.07) is 16.8. The van der Waals surface area contributed by atoms with E-state index in [1.807, 2.05) is 36.4 Å². The van der Waals surface area contributed by atoms with Crippen LogP contribution in [0.5, 0.6) is 11.5 Å². The van der Waals surface area contributed by atoms with Crippen molar-refractivity contribution in [3.05, 3.63) is 65.0 Å². The molecule has 1 amide bonds. The number of nitrogens with zero attached hydrogens (tertiary/aromatic N) is 2. The number of methoxy groups -OCH3 is 3. The van der Waals surface area contributed by atoms with E-state index in [0.29, 0.717) is 21.9 Å². The molecule has 0 aliphatic rings. The molecule has 0 bridgehead atoms. The fraction of sp³-hybridized carbons (Fsp3) is 0.174. The van der Waals surface area contributed by atoms with Gasteiger partial charge in [0.15, 0.2) is 4.80 Å². The lowest BCUT2D eigenvalue weighted by Gasteiger charge is -2.07. The van der Waals surface area contributed by atoms with Gasteiger partial charge >= 0.3 is 5.97 Å². The maximum absolute atomic E-state index is 13.0. The van der Waals surface area contributed by atoms with Crippen LogP contribution in [0.3, 0.4) is 0 Å². The number of hydrogen-bond donors (Lipinski definition) is 0. The minimum absolute atomic E-state index is 0.0549. The number of fused-ring (bicyclic) bond motifs is 3. The molecule has 8 heteroatoms. The second-order valence-corrected chi connectivity index (χ2v) is 7.64. The molecule has 0 atom stereocenters. The smallest absolute Gasteiger partial charge is 0.325 e. The first-order valence-corrected chi connectivity index (χ1v) is 10.3. The first-order chi connectivity index (χ1) is 15.0. The summed E-state index contributed by atoms with van der Waals surface area (Å²) in [6.07, 6.45) is 0. The normalized spacial score (nSPS) is 11.6. The number of thiazole rings is 1. The van der Waals surface area contributed by atoms with Gasteiger partial charge in [0.25, 0.3) is 5.91 Å². The molecule has 7 nitrogen and oxygen atoms in total. The van der Waals surface area contributed by atoms with Crippen LogP contribution in [-0.4, -0.2) is 37.8 Å². The van der Waals surface area contributed by atoms with E-state index in [1.165, 1.54) is 32.7 Å². The topological polar surface area (TPSA) is 79.1 Å². The van der Waals surface area contributed by atoms with Crippen LogP contribution in [0, 0.1) is 0 Å². The first kappa shape index (κ1) is 20.6. The summed E-state index contributed by atoms with van der Waals surface area (Å²) in [5.74, 6) is 0.0273. The fourth-order valence-corrected chi connectivity index (χ4v) is 4.52. The van der Waals surface area contributed by atoms with Crippen LogP contribution in [0.25, 0.3) is 21.0 Å². The van der Waals surface area contributed by atoms with Crippen LogP contribution >= 0.6 is 11.3 Å². The third-order valence-electron chi connectivity index (χ3n) is 4.93. The largest absolute Gasteiger partial charge is 0.497 e. The van der Waals surface area contributed by atoms with Crippen molar-refractivity contribution >= 4 is 44.2 Å². The molecule has 0 N–H and O–H groups in total. The molecule has 1 heterocycles. The van der Waals surface area contributed by atoms with Crippen molar-refractivity contribution in [2.75, 3.05) is 21.3 Å². The molecule has 0 aliphatic carbocycles. The van der Waals surface area contributed by atoms with E-state index in [9.17, 15) is 9.59 Å². The Morgan fingerprint density at radius 1 is 1.00 bits per heavy atom. The molecule has 3 aromatic carbocycles. The Morgan fingerprint density at radius 3 is 2.55 bits per heavy atom. The molecule has 0 fully saturated rings. The van der Waals surface area contributed by atoms with Crippen LogP contribution in [0.1, 0.15) is 10.4 Å². The van der Waals surface area contributed by atoms with Gasteiger partial charge in [0.1, 0.15) is 18.0 Å². The average Bonchev–Trinajstić information content (AvgIpc) is 3.15. The molecule has 0 unspecified atom stereocenters. The van der Waals surface area contributed by atoms with E-state index in [1.54, 1.807) is 22.8 Å². The fourth-order valence-electron chi connectivity index (χ4n) is 3.35. The number of aromatic nitrogens is 1. The highest BCUT2D eigenvalue weighted by Gasteiger charge is 2.16. The Morgan fingerprint density at radius 2 is 1.81 bits per heavy atom. The molecule has 0 saturated heterocycles. The molecule has 0 radical (unpaired) electrons. The SMILES string of the molecule is COC(=O)Cn1c(=NC(=O)c2ccc(OC)cc2OC)sc2c3ccccc3ccc21. The molecule has 31 heavy (non-hydrogen) atoms. The molecule has 4 aromatic rings. The van der Waals surface area contributed by atoms with Gasteiger partial charge in [-0.25, -0.2) is 0 Å². The Labute approximate surface area is 182 Å². The predicted octanol–water partition coefficient (Wildman–Crippen LogP) is 3.79. The van der Waals surface area contributed by atoms with Crippen LogP contribution in [0.2, 0.25) is 0 Å². The molecule has 1 aromatic heterocycles. The van der Waals surface area contributed by atoms with E-state index in [0.717, 1.165) is 21.0 Å². The molecular formula is C23H20N2O5S. The molecule has 0 saturated carbocycles. The van der Waals surface area contributed by atoms with Gasteiger partial charge in [-0.15, -0.1) is 0 Å². The number of rotatable bonds is 5. The zero-order valence-electron chi connectivity index (χ0n) is 17.2. The summed E-state index contributed by atoms with van der Waals surface area (Å²) in [5.41, 5.74) is 1.11. The van der Waals surface area contributed by atoms with Gasteiger partial charge < -0.3 is 18.8 Å². The second kappa shape index (κ2) is 8.61. The number of carbonyl (C=O) groups excluding carboxylic acids is 2. The second-order valence-electron chi connectivity index (χ2n) is 6.67. The third-order valence-corrected chi connectivity index (χ3v) is 6.05. The highest BCUT2D eigenvalue weighted by molar-refractivity contribution is 7.17. The van der Waals surface area contributed by atoms with Gasteiger partial charge in [0.2, 0.25) is 0 Å². The van der Waals surface area contributed by atoms with Gasteiger partial charge in [-0.2, -0.15) is 4.99 Å². The van der Waals surface area contributed by atoms with Gasteiger partial charge in [-0.3, -0.25) is 9.59 Å². The molecular weight excluding hydrogens is 416 g/mol. The Hall–Kier alpha value is -3.65. The van der Waals surface area contributed by atoms with E-state index < -0.39 is 11.9 Å². The van der Waals surface area contributed by atoms with Crippen molar-refractivity contribution in [1.29, 1.82) is 0 Å². The van der Waals surface area contributed by atoms with Gasteiger partial charge in [-0.05, 0) is 23.6 Å². The maximum atomic E-state index is 13.0. The minimum Gasteiger partial charge on any atom is -0.497 e. The number of amides is 1. The molecule has 158 valence electrons. The van der Waals surface area contributed by atoms with Crippen molar-refractivity contribution in [2.24, 2.45) is 4.99 Å². The van der Waals surface area contributed by atoms with Crippen LogP contribution in [-0.2, 0) is 16.1 Å². The van der Waals surface area contributed by atoms with Crippen molar-refractivity contribution in [2.45, 2.75) is 6.54 Å². The Bertz CT molecular complexity index is 1370. The van der Waals surface area contributed by atoms with E-state index in [4.69, 9.17) is 14.2 Å². The molecule has 0 aliphatic heterocycles. The van der Waals surface area contributed by atoms with E-state index in [-0.39, 0.29) is 6.54 Å². The quantitative estimate of drug-likeness (QED) is 0.445. The molecule has 0 spiro atoms. The summed E-state index contributed by atoms with van der Waals surface area (Å²) in [4.78, 5) is 29.8. The Kier molecular flexibility index (Phi) is 5.73. The standard InChI is InChI=1S/C23H20N2O5S/c1-28-15-9-10-17(19(12-15)29-2)22(27)24-23-25(13-20(26)30-3)18-11-8-14-6-4-5-7-16(14)21(18)31-23/h4-12H,13H2,1-3H3. The van der Waals surface area contributed by atoms with Crippen LogP contribution in [0.4, 0.5) is 0 Å². The lowest BCUT2D eigenvalue weighted by atomic mass is 10.1. The van der Waals surface area contributed by atoms with Gasteiger partial charge in [0, 0.05) is 11.5 Å². The first-order valence-electron chi connectivity index (χ1n) is 9.44. The zero-order valence-corrected chi connectivity index (χ0v) is 18.1. The summed E-state index contributed by atoms with van der Waals surface area (Å²) in [5, 5.41) is 2.09. The average molecular weight is 436 g/mol. The summed E-state index contributed by atoms with van der Waals surface area (Å²) in [6.45, 7) is -0.0549. The third kappa shape index (κ3) is 3.89. The monoisotopic (exact) mass is 436 g/mol. The number of hydrogen-bond acceptors (Lipinski definition) is 6. The van der Waals surface area contributed by atoms with Crippen molar-refractivity contribution < 1.29 is 23.8 Å². The van der Waals surface area contributed by atoms with Crippen molar-refractivity contribution in [3.8, 4) is 11.5 Å². The van der Waals surface area contributed by atoms with Crippen molar-refractivity contribution in [3.63, 3.8) is 0 Å². The zero-order chi connectivity index (χ0) is 22.0. The number of carbonyl (C=O) groups is 2. The van der Waals surface area contributed by atoms with E-state index in [2.05, 4.69) is 4.99 Å². The van der Waals surface area contributed by atoms with Gasteiger partial charge in [-0.1, -0.05) is 41.7 Å². The summed E-state index contributed by atoms with van der Waals surface area (Å²) >= 11 is 1.35. The van der Waals surface area contributed by atoms with Crippen molar-refractivity contribution in [1.82, 2.24) is 4.57 Å². The minimum atomic E-state index is -0.478. The highest BCUT2D eigenvalue weighted by Crippen LogP contribution is 2.28. The Balaban J connectivity index is 1.92. The lowest BCUT2D eigenvalue weighted by Crippen LogP contribution is -2.22. The maximum Gasteiger partial charge on any atom is 0.325 e. The highest BCUT2D eigenvalue weighted by atomic mass is 32.1. The van der Waals surface area contributed by atoms with Crippen LogP contribution < -0.4 is 14.3 Å². The molecule has 4 rings (SSSR count).